The maximum atomic E-state index is 8.82. The van der Waals surface area contributed by atoms with Crippen molar-refractivity contribution in [2.45, 2.75) is 26.7 Å². The minimum Gasteiger partial charge on any atom is -0.424 e. The van der Waals surface area contributed by atoms with E-state index in [2.05, 4.69) is 23.8 Å². The summed E-state index contributed by atoms with van der Waals surface area (Å²) in [5.41, 5.74) is 2.17. The second-order valence-electron chi connectivity index (χ2n) is 4.73. The Balaban J connectivity index is 2.38. The third-order valence-electron chi connectivity index (χ3n) is 2.87. The average molecular weight is 288 g/mol. The maximum Gasteiger partial charge on any atom is 0.323 e. The quantitative estimate of drug-likeness (QED) is 0.848. The molecule has 4 nitrogen and oxygen atoms in total. The maximum absolute atomic E-state index is 8.82. The van der Waals surface area contributed by atoms with Gasteiger partial charge in [0, 0.05) is 11.2 Å². The summed E-state index contributed by atoms with van der Waals surface area (Å²) >= 11 is 6.22. The highest BCUT2D eigenvalue weighted by atomic mass is 35.5. The molecule has 0 amide bonds. The monoisotopic (exact) mass is 287 g/mol. The molecule has 0 bridgehead atoms. The van der Waals surface area contributed by atoms with Gasteiger partial charge in [-0.05, 0) is 42.2 Å². The van der Waals surface area contributed by atoms with Gasteiger partial charge in [-0.25, -0.2) is 4.98 Å². The molecule has 1 heterocycles. The van der Waals surface area contributed by atoms with Crippen molar-refractivity contribution in [3.8, 4) is 17.8 Å². The molecule has 1 aromatic carbocycles. The number of ether oxygens (including phenoxy) is 1. The largest absolute Gasteiger partial charge is 0.424 e. The second-order valence-corrected chi connectivity index (χ2v) is 5.14. The van der Waals surface area contributed by atoms with Crippen LogP contribution < -0.4 is 4.74 Å². The summed E-state index contributed by atoms with van der Waals surface area (Å²) in [6.45, 7) is 6.03. The predicted octanol–water partition coefficient (Wildman–Crippen LogP) is 4.23. The number of halogens is 1. The fraction of sp³-hybridized carbons (Fsp3) is 0.267. The van der Waals surface area contributed by atoms with Crippen molar-refractivity contribution in [2.24, 2.45) is 0 Å². The minimum atomic E-state index is 0.157. The topological polar surface area (TPSA) is 58.8 Å². The van der Waals surface area contributed by atoms with E-state index in [0.29, 0.717) is 5.75 Å². The molecular formula is C15H14ClN3O. The van der Waals surface area contributed by atoms with Gasteiger partial charge in [-0.15, -0.1) is 0 Å². The van der Waals surface area contributed by atoms with Crippen molar-refractivity contribution >= 4 is 11.6 Å². The van der Waals surface area contributed by atoms with Crippen LogP contribution in [0.1, 0.15) is 36.6 Å². The number of aryl methyl sites for hydroxylation is 1. The van der Waals surface area contributed by atoms with E-state index >= 15 is 0 Å². The fourth-order valence-corrected chi connectivity index (χ4v) is 2.21. The van der Waals surface area contributed by atoms with Gasteiger partial charge < -0.3 is 4.74 Å². The molecule has 0 saturated heterocycles. The van der Waals surface area contributed by atoms with Crippen molar-refractivity contribution < 1.29 is 4.74 Å². The fourth-order valence-electron chi connectivity index (χ4n) is 1.77. The van der Waals surface area contributed by atoms with Crippen LogP contribution in [0.15, 0.2) is 24.4 Å². The second kappa shape index (κ2) is 5.89. The van der Waals surface area contributed by atoms with Crippen LogP contribution in [-0.4, -0.2) is 9.97 Å². The number of nitrogens with zero attached hydrogens (tertiary/aromatic N) is 3. The van der Waals surface area contributed by atoms with Gasteiger partial charge >= 0.3 is 6.01 Å². The van der Waals surface area contributed by atoms with E-state index in [9.17, 15) is 0 Å². The van der Waals surface area contributed by atoms with Crippen molar-refractivity contribution in [1.29, 1.82) is 5.26 Å². The van der Waals surface area contributed by atoms with Crippen molar-refractivity contribution in [2.75, 3.05) is 0 Å². The lowest BCUT2D eigenvalue weighted by Crippen LogP contribution is -1.97. The van der Waals surface area contributed by atoms with Crippen molar-refractivity contribution in [3.05, 3.63) is 46.2 Å². The average Bonchev–Trinajstić information content (AvgIpc) is 2.41. The summed E-state index contributed by atoms with van der Waals surface area (Å²) in [6, 6.07) is 7.39. The van der Waals surface area contributed by atoms with Gasteiger partial charge in [-0.2, -0.15) is 10.2 Å². The molecular weight excluding hydrogens is 274 g/mol. The lowest BCUT2D eigenvalue weighted by molar-refractivity contribution is 0.437. The molecule has 102 valence electrons. The van der Waals surface area contributed by atoms with E-state index in [0.717, 1.165) is 16.1 Å². The predicted molar refractivity (Wildman–Crippen MR) is 77.1 cm³/mol. The van der Waals surface area contributed by atoms with Crippen LogP contribution in [0.4, 0.5) is 0 Å². The van der Waals surface area contributed by atoms with E-state index in [1.165, 1.54) is 12.3 Å². The number of nitriles is 1. The van der Waals surface area contributed by atoms with E-state index in [1.807, 2.05) is 25.1 Å². The van der Waals surface area contributed by atoms with Crippen LogP contribution in [0.2, 0.25) is 5.02 Å². The van der Waals surface area contributed by atoms with E-state index < -0.39 is 0 Å². The van der Waals surface area contributed by atoms with Crippen molar-refractivity contribution in [3.63, 3.8) is 0 Å². The molecule has 1 aromatic heterocycles. The Labute approximate surface area is 123 Å². The van der Waals surface area contributed by atoms with Crippen molar-refractivity contribution in [1.82, 2.24) is 9.97 Å². The zero-order valence-corrected chi connectivity index (χ0v) is 12.3. The molecule has 0 aliphatic carbocycles. The first-order chi connectivity index (χ1) is 9.51. The zero-order valence-electron chi connectivity index (χ0n) is 11.5. The molecule has 0 N–H and O–H groups in total. The minimum absolute atomic E-state index is 0.157. The molecule has 5 heteroatoms. The number of benzene rings is 1. The summed E-state index contributed by atoms with van der Waals surface area (Å²) in [5, 5.41) is 9.54. The Kier molecular flexibility index (Phi) is 4.21. The molecule has 0 fully saturated rings. The van der Waals surface area contributed by atoms with Crippen LogP contribution in [0, 0.1) is 18.3 Å². The Bertz CT molecular complexity index is 677. The molecule has 20 heavy (non-hydrogen) atoms. The lowest BCUT2D eigenvalue weighted by atomic mass is 10.0. The van der Waals surface area contributed by atoms with Gasteiger partial charge in [-0.3, -0.25) is 0 Å². The molecule has 0 aliphatic heterocycles. The number of rotatable bonds is 3. The van der Waals surface area contributed by atoms with Crippen LogP contribution >= 0.6 is 11.6 Å². The Morgan fingerprint density at radius 1 is 1.35 bits per heavy atom. The zero-order chi connectivity index (χ0) is 14.7. The molecule has 0 aliphatic rings. The van der Waals surface area contributed by atoms with E-state index in [-0.39, 0.29) is 17.6 Å². The van der Waals surface area contributed by atoms with Gasteiger partial charge in [0.15, 0.2) is 0 Å². The van der Waals surface area contributed by atoms with E-state index in [1.54, 1.807) is 0 Å². The van der Waals surface area contributed by atoms with Gasteiger partial charge in [0.1, 0.15) is 17.5 Å². The number of aromatic nitrogens is 2. The first-order valence-corrected chi connectivity index (χ1v) is 6.60. The highest BCUT2D eigenvalue weighted by Gasteiger charge is 2.12. The van der Waals surface area contributed by atoms with Crippen LogP contribution in [0.3, 0.4) is 0 Å². The van der Waals surface area contributed by atoms with Gasteiger partial charge in [-0.1, -0.05) is 25.4 Å². The molecule has 2 rings (SSSR count). The molecule has 0 radical (unpaired) electrons. The summed E-state index contributed by atoms with van der Waals surface area (Å²) in [5.74, 6) is 0.935. The number of hydrogen-bond donors (Lipinski definition) is 0. The van der Waals surface area contributed by atoms with Gasteiger partial charge in [0.2, 0.25) is 0 Å². The molecule has 0 unspecified atom stereocenters. The van der Waals surface area contributed by atoms with Crippen LogP contribution in [0.5, 0.6) is 11.8 Å². The first-order valence-electron chi connectivity index (χ1n) is 6.22. The summed E-state index contributed by atoms with van der Waals surface area (Å²) < 4.78 is 5.67. The smallest absolute Gasteiger partial charge is 0.323 e. The summed E-state index contributed by atoms with van der Waals surface area (Å²) in [7, 11) is 0. The molecule has 2 aromatic rings. The number of hydrogen-bond acceptors (Lipinski definition) is 4. The third kappa shape index (κ3) is 3.06. The normalized spacial score (nSPS) is 10.4. The molecule has 0 saturated carbocycles. The highest BCUT2D eigenvalue weighted by molar-refractivity contribution is 6.31. The summed E-state index contributed by atoms with van der Waals surface area (Å²) in [6.07, 6.45) is 1.50. The Morgan fingerprint density at radius 2 is 2.10 bits per heavy atom. The third-order valence-corrected chi connectivity index (χ3v) is 3.19. The SMILES string of the molecule is Cc1cc(Cl)c(C(C)C)cc1Oc1nccc(C#N)n1. The summed E-state index contributed by atoms with van der Waals surface area (Å²) in [4.78, 5) is 8.00. The lowest BCUT2D eigenvalue weighted by Gasteiger charge is -2.13. The Hall–Kier alpha value is -2.12. The molecule has 0 spiro atoms. The standard InChI is InChI=1S/C15H14ClN3O/c1-9(2)12-7-14(10(3)6-13(12)16)20-15-18-5-4-11(8-17)19-15/h4-7,9H,1-3H3. The Morgan fingerprint density at radius 3 is 2.75 bits per heavy atom. The van der Waals surface area contributed by atoms with Crippen LogP contribution in [0.25, 0.3) is 0 Å². The molecule has 0 atom stereocenters. The first kappa shape index (κ1) is 14.3. The highest BCUT2D eigenvalue weighted by Crippen LogP contribution is 2.32. The van der Waals surface area contributed by atoms with Gasteiger partial charge in [0.05, 0.1) is 0 Å². The van der Waals surface area contributed by atoms with E-state index in [4.69, 9.17) is 21.6 Å². The van der Waals surface area contributed by atoms with Crippen LogP contribution in [-0.2, 0) is 0 Å². The van der Waals surface area contributed by atoms with Gasteiger partial charge in [0.25, 0.3) is 0 Å².